The number of guanidine groups is 1. The second-order valence-electron chi connectivity index (χ2n) is 28.5. The number of hydrogen-bond donors (Lipinski definition) is 16. The van der Waals surface area contributed by atoms with Crippen molar-refractivity contribution in [2.45, 2.75) is 260 Å². The zero-order valence-corrected chi connectivity index (χ0v) is 63.2. The van der Waals surface area contributed by atoms with Crippen molar-refractivity contribution in [2.24, 2.45) is 52.0 Å². The molecule has 33 nitrogen and oxygen atoms in total. The summed E-state index contributed by atoms with van der Waals surface area (Å²) in [4.78, 5) is 207. The zero-order valence-electron chi connectivity index (χ0n) is 63.2. The topological polar surface area (TPSA) is 501 Å². The van der Waals surface area contributed by atoms with Crippen molar-refractivity contribution >= 4 is 88.7 Å². The number of hydrogen-bond acceptors (Lipinski definition) is 18. The summed E-state index contributed by atoms with van der Waals surface area (Å²) >= 11 is 0. The molecule has 2 aliphatic rings. The molecule has 0 radical (unpaired) electrons. The minimum atomic E-state index is -1.87. The molecule has 104 heavy (non-hydrogen) atoms. The van der Waals surface area contributed by atoms with Crippen LogP contribution < -0.4 is 75.3 Å². The summed E-state index contributed by atoms with van der Waals surface area (Å²) in [5.74, 6) is -17.0. The minimum Gasteiger partial charge on any atom is -0.460 e. The third-order valence-corrected chi connectivity index (χ3v) is 18.3. The van der Waals surface area contributed by atoms with Crippen LogP contribution in [0.5, 0.6) is 0 Å². The highest BCUT2D eigenvalue weighted by molar-refractivity contribution is 6.03. The van der Waals surface area contributed by atoms with Gasteiger partial charge in [-0.3, -0.25) is 72.1 Å². The van der Waals surface area contributed by atoms with Crippen LogP contribution >= 0.6 is 0 Å². The SMILES string of the molecule is C/C=C1\NC(=O)[C@H](Cc2ccccc2)NC(=O)[C@@H](C(C)CC)NC(=O)[C@H](C(C)CC)NC(=O)[C@@H]([C@@H](C)O)NC(=O)[C@@H](CC(C)C)NC(=O)[C@H](CCCN=C(N)N)NC(=O)C2CCCN2C(=O)[C@H](C(C)C)NC(=O)[C@@H](C(C)C)NC(=O)[C@H]([C@H](C)O)NC(=O)C([C@H](C)OC(C)=O)NC(=O)[C@@H](C(C)C)NC1=O. The normalized spacial score (nSPS) is 27.0. The molecule has 17 atom stereocenters. The van der Waals surface area contributed by atoms with E-state index in [0.717, 1.165) is 13.8 Å². The van der Waals surface area contributed by atoms with Gasteiger partial charge in [-0.15, -0.1) is 0 Å². The predicted octanol–water partition coefficient (Wildman–Crippen LogP) is -1.54. The first kappa shape index (κ1) is 88.9. The molecule has 0 saturated carbocycles. The van der Waals surface area contributed by atoms with Crippen molar-refractivity contribution in [3.05, 3.63) is 47.7 Å². The predicted molar refractivity (Wildman–Crippen MR) is 385 cm³/mol. The molecule has 2 heterocycles. The summed E-state index contributed by atoms with van der Waals surface area (Å²) in [6.45, 7) is 25.9. The van der Waals surface area contributed by atoms with Crippen LogP contribution in [0, 0.1) is 35.5 Å². The summed E-state index contributed by atoms with van der Waals surface area (Å²) in [6, 6.07) is -9.62. The van der Waals surface area contributed by atoms with Crippen LogP contribution in [0.25, 0.3) is 0 Å². The van der Waals surface area contributed by atoms with Gasteiger partial charge < -0.3 is 95.1 Å². The first-order valence-electron chi connectivity index (χ1n) is 35.9. The van der Waals surface area contributed by atoms with E-state index in [0.29, 0.717) is 18.4 Å². The molecule has 0 bridgehead atoms. The molecule has 2 fully saturated rings. The van der Waals surface area contributed by atoms with E-state index in [1.165, 1.54) is 31.7 Å². The quantitative estimate of drug-likeness (QED) is 0.0245. The van der Waals surface area contributed by atoms with Crippen LogP contribution in [0.15, 0.2) is 47.1 Å². The number of allylic oxidation sites excluding steroid dienone is 1. The van der Waals surface area contributed by atoms with Crippen LogP contribution in [0.1, 0.15) is 168 Å². The van der Waals surface area contributed by atoms with Gasteiger partial charge in [0.2, 0.25) is 70.9 Å². The summed E-state index contributed by atoms with van der Waals surface area (Å²) in [5.41, 5.74) is 11.4. The van der Waals surface area contributed by atoms with E-state index in [2.05, 4.69) is 68.8 Å². The number of benzene rings is 1. The Morgan fingerprint density at radius 1 is 0.538 bits per heavy atom. The Kier molecular flexibility index (Phi) is 36.3. The molecular weight excluding hydrogens is 1350 g/mol. The van der Waals surface area contributed by atoms with Gasteiger partial charge in [-0.05, 0) is 101 Å². The molecule has 2 saturated heterocycles. The van der Waals surface area contributed by atoms with Gasteiger partial charge in [0, 0.05) is 26.4 Å². The van der Waals surface area contributed by atoms with Gasteiger partial charge in [0.25, 0.3) is 5.91 Å². The average Bonchev–Trinajstić information content (AvgIpc) is 1.53. The second kappa shape index (κ2) is 42.5. The minimum absolute atomic E-state index is 0.00401. The van der Waals surface area contributed by atoms with Crippen LogP contribution in [-0.4, -0.2) is 208 Å². The van der Waals surface area contributed by atoms with Crippen molar-refractivity contribution in [3.8, 4) is 0 Å². The third-order valence-electron chi connectivity index (χ3n) is 18.3. The molecule has 582 valence electrons. The second-order valence-corrected chi connectivity index (χ2v) is 28.5. The number of aliphatic hydroxyl groups is 2. The van der Waals surface area contributed by atoms with Crippen molar-refractivity contribution in [1.29, 1.82) is 0 Å². The molecule has 0 aromatic heterocycles. The molecule has 0 spiro atoms. The Bertz CT molecular complexity index is 3210. The molecule has 33 heteroatoms. The van der Waals surface area contributed by atoms with Crippen molar-refractivity contribution < 1.29 is 82.1 Å². The number of fused-ring (bicyclic) bond motifs is 1. The number of rotatable bonds is 19. The number of aliphatic hydroxyl groups excluding tert-OH is 2. The van der Waals surface area contributed by atoms with E-state index < -0.39 is 209 Å². The van der Waals surface area contributed by atoms with E-state index in [4.69, 9.17) is 16.2 Å². The van der Waals surface area contributed by atoms with E-state index >= 15 is 0 Å². The molecule has 13 amide bonds. The van der Waals surface area contributed by atoms with Crippen molar-refractivity contribution in [2.75, 3.05) is 13.1 Å². The lowest BCUT2D eigenvalue weighted by Gasteiger charge is -2.33. The number of amides is 13. The molecule has 1 aromatic rings. The highest BCUT2D eigenvalue weighted by atomic mass is 16.5. The maximum absolute atomic E-state index is 14.8. The Morgan fingerprint density at radius 3 is 1.44 bits per heavy atom. The first-order valence-corrected chi connectivity index (χ1v) is 35.9. The largest absolute Gasteiger partial charge is 0.460 e. The fraction of sp³-hybridized carbons (Fsp3) is 0.676. The molecule has 3 rings (SSSR count). The average molecular weight is 1470 g/mol. The summed E-state index contributed by atoms with van der Waals surface area (Å²) in [7, 11) is 0. The molecular formula is C71H116N16O17. The number of nitrogens with zero attached hydrogens (tertiary/aromatic N) is 2. The smallest absolute Gasteiger partial charge is 0.302 e. The highest BCUT2D eigenvalue weighted by Crippen LogP contribution is 2.23. The monoisotopic (exact) mass is 1460 g/mol. The number of ether oxygens (including phenoxy) is 1. The molecule has 1 aromatic carbocycles. The van der Waals surface area contributed by atoms with Gasteiger partial charge in [0.05, 0.1) is 12.2 Å². The van der Waals surface area contributed by atoms with Gasteiger partial charge in [0.1, 0.15) is 84.3 Å². The number of nitrogens with one attached hydrogen (secondary N) is 12. The molecule has 2 aliphatic heterocycles. The lowest BCUT2D eigenvalue weighted by Crippen LogP contribution is -2.64. The number of nitrogens with two attached hydrogens (primary N) is 2. The number of aliphatic imine (C=N–C) groups is 1. The maximum Gasteiger partial charge on any atom is 0.302 e. The third kappa shape index (κ3) is 27.1. The molecule has 0 aliphatic carbocycles. The number of carbonyl (C=O) groups excluding carboxylic acids is 14. The van der Waals surface area contributed by atoms with Gasteiger partial charge in [-0.2, -0.15) is 0 Å². The summed E-state index contributed by atoms with van der Waals surface area (Å²) < 4.78 is 5.35. The van der Waals surface area contributed by atoms with E-state index in [1.54, 1.807) is 113 Å². The van der Waals surface area contributed by atoms with Crippen LogP contribution in [0.3, 0.4) is 0 Å². The van der Waals surface area contributed by atoms with Crippen molar-refractivity contribution in [1.82, 2.24) is 68.7 Å². The standard InChI is InChI=1S/C71H116N16O17/c1-18-38(12)53-65(98)78-48(33-44-26-22-21-23-27-44)60(93)75-45(20-3)58(91)79-50(35(6)7)64(97)86-57(42(16)104-43(17)90)69(102)85-56(41(15)89)67(100)80-51(36(8)9)63(96)81-52(37(10)11)70(103)87-31-25-29-49(87)62(95)76-46(28-24-30-74-71(72)73)59(92)77-47(32-34(4)5)61(94)84-55(40(14)88)68(101)83-54(39(13)19-2)66(99)82-53/h20-23,26-27,34-42,46-57,88-89H,18-19,24-25,28-33H2,1-17H3,(H,75,93)(H,76,95)(H,77,92)(H,78,98)(H,79,91)(H,80,100)(H,81,96)(H,82,99)(H,83,101)(H,84,94)(H,85,102)(H,86,97)(H4,72,73,74)/b45-20-/t38?,39?,40-,41+,42+,46+,47-,48+,49?,50-,51-,52+,53-,54+,55-,56+,57?/m1/s1. The lowest BCUT2D eigenvalue weighted by atomic mass is 9.94. The Labute approximate surface area is 609 Å². The van der Waals surface area contributed by atoms with E-state index in [-0.39, 0.29) is 63.5 Å². The molecule has 18 N–H and O–H groups in total. The fourth-order valence-corrected chi connectivity index (χ4v) is 11.8. The van der Waals surface area contributed by atoms with Gasteiger partial charge in [-0.1, -0.05) is 132 Å². The Hall–Kier alpha value is -9.27. The summed E-state index contributed by atoms with van der Waals surface area (Å²) in [6.07, 6.45) is -2.81. The van der Waals surface area contributed by atoms with Crippen LogP contribution in [-0.2, 0) is 78.3 Å². The number of esters is 1. The van der Waals surface area contributed by atoms with Crippen LogP contribution in [0.2, 0.25) is 0 Å². The van der Waals surface area contributed by atoms with E-state index in [1.807, 2.05) is 0 Å². The van der Waals surface area contributed by atoms with Crippen molar-refractivity contribution in [3.63, 3.8) is 0 Å². The summed E-state index contributed by atoms with van der Waals surface area (Å²) in [5, 5.41) is 53.7. The fourth-order valence-electron chi connectivity index (χ4n) is 11.8. The van der Waals surface area contributed by atoms with Gasteiger partial charge in [0.15, 0.2) is 5.96 Å². The Balaban J connectivity index is 2.31. The lowest BCUT2D eigenvalue weighted by molar-refractivity contribution is -0.151. The zero-order chi connectivity index (χ0) is 78.7. The first-order chi connectivity index (χ1) is 48.7. The Morgan fingerprint density at radius 2 is 0.962 bits per heavy atom. The molecule has 4 unspecified atom stereocenters. The number of carbonyl (C=O) groups is 14. The van der Waals surface area contributed by atoms with Crippen LogP contribution in [0.4, 0.5) is 0 Å². The van der Waals surface area contributed by atoms with Gasteiger partial charge >= 0.3 is 5.97 Å². The maximum atomic E-state index is 14.8. The van der Waals surface area contributed by atoms with Gasteiger partial charge in [-0.25, -0.2) is 0 Å². The highest BCUT2D eigenvalue weighted by Gasteiger charge is 2.44. The van der Waals surface area contributed by atoms with E-state index in [9.17, 15) is 77.3 Å².